The Morgan fingerprint density at radius 1 is 1.29 bits per heavy atom. The lowest BCUT2D eigenvalue weighted by Crippen LogP contribution is -2.10. The Morgan fingerprint density at radius 2 is 2.11 bits per heavy atom. The van der Waals surface area contributed by atoms with Gasteiger partial charge >= 0.3 is 0 Å². The first kappa shape index (κ1) is 19.0. The molecule has 2 N–H and O–H groups in total. The predicted octanol–water partition coefficient (Wildman–Crippen LogP) is 4.34. The van der Waals surface area contributed by atoms with Crippen molar-refractivity contribution >= 4 is 44.9 Å². The number of H-pyrrole nitrogens is 2. The van der Waals surface area contributed by atoms with Crippen molar-refractivity contribution in [3.8, 4) is 17.1 Å². The molecule has 0 saturated carbocycles. The van der Waals surface area contributed by atoms with Crippen LogP contribution in [0.25, 0.3) is 21.6 Å². The van der Waals surface area contributed by atoms with Crippen molar-refractivity contribution in [3.63, 3.8) is 0 Å². The molecule has 4 rings (SSSR count). The number of hydrogen-bond donors (Lipinski definition) is 2. The number of aryl methyl sites for hydroxylation is 2. The third-order valence-corrected chi connectivity index (χ3v) is 6.50. The summed E-state index contributed by atoms with van der Waals surface area (Å²) in [7, 11) is 1.59. The SMILES string of the molecule is COc1ccc(Cl)cc1-c1nc(SCc2nc3sc(C)c(C)c3c(=O)[nH]2)n[nH]1. The molecule has 0 radical (unpaired) electrons. The van der Waals surface area contributed by atoms with Gasteiger partial charge in [0.15, 0.2) is 5.82 Å². The molecule has 0 aliphatic heterocycles. The lowest BCUT2D eigenvalue weighted by Gasteiger charge is -2.05. The van der Waals surface area contributed by atoms with Crippen LogP contribution in [0, 0.1) is 13.8 Å². The number of nitrogens with one attached hydrogen (secondary N) is 2. The van der Waals surface area contributed by atoms with Crippen molar-refractivity contribution in [2.45, 2.75) is 24.8 Å². The Kier molecular flexibility index (Phi) is 5.13. The number of nitrogens with zero attached hydrogens (tertiary/aromatic N) is 3. The number of thiophene rings is 1. The third-order valence-electron chi connectivity index (χ3n) is 4.31. The van der Waals surface area contributed by atoms with E-state index in [0.29, 0.717) is 38.7 Å². The van der Waals surface area contributed by atoms with Gasteiger partial charge in [-0.05, 0) is 37.6 Å². The van der Waals surface area contributed by atoms with E-state index in [1.165, 1.54) is 23.1 Å². The second-order valence-electron chi connectivity index (χ2n) is 6.08. The maximum Gasteiger partial charge on any atom is 0.259 e. The number of aromatic nitrogens is 5. The highest BCUT2D eigenvalue weighted by Gasteiger charge is 2.14. The molecule has 10 heteroatoms. The maximum absolute atomic E-state index is 12.4. The molecule has 0 atom stereocenters. The zero-order valence-corrected chi connectivity index (χ0v) is 17.7. The minimum Gasteiger partial charge on any atom is -0.496 e. The van der Waals surface area contributed by atoms with E-state index in [1.54, 1.807) is 25.3 Å². The van der Waals surface area contributed by atoms with E-state index in [-0.39, 0.29) is 5.56 Å². The third kappa shape index (κ3) is 3.52. The van der Waals surface area contributed by atoms with Crippen molar-refractivity contribution in [2.24, 2.45) is 0 Å². The van der Waals surface area contributed by atoms with Crippen LogP contribution in [0.2, 0.25) is 5.02 Å². The molecule has 0 fully saturated rings. The first-order valence-corrected chi connectivity index (χ1v) is 10.5. The molecule has 0 aliphatic carbocycles. The summed E-state index contributed by atoms with van der Waals surface area (Å²) in [5.74, 6) is 2.25. The smallest absolute Gasteiger partial charge is 0.259 e. The number of benzene rings is 1. The number of ether oxygens (including phenoxy) is 1. The topological polar surface area (TPSA) is 96.6 Å². The largest absolute Gasteiger partial charge is 0.496 e. The molecular weight excluding hydrogens is 418 g/mol. The Balaban J connectivity index is 1.56. The van der Waals surface area contributed by atoms with Crippen LogP contribution in [0.5, 0.6) is 5.75 Å². The highest BCUT2D eigenvalue weighted by Crippen LogP contribution is 2.31. The van der Waals surface area contributed by atoms with Gasteiger partial charge in [-0.25, -0.2) is 9.97 Å². The number of thioether (sulfide) groups is 1. The van der Waals surface area contributed by atoms with E-state index in [4.69, 9.17) is 16.3 Å². The van der Waals surface area contributed by atoms with Gasteiger partial charge in [0.05, 0.1) is 23.8 Å². The number of rotatable bonds is 5. The molecule has 0 amide bonds. The Hall–Kier alpha value is -2.36. The molecule has 0 aliphatic rings. The van der Waals surface area contributed by atoms with Crippen LogP contribution >= 0.6 is 34.7 Å². The fraction of sp³-hybridized carbons (Fsp3) is 0.222. The van der Waals surface area contributed by atoms with Gasteiger partial charge in [-0.3, -0.25) is 9.89 Å². The van der Waals surface area contributed by atoms with Crippen LogP contribution in [0.3, 0.4) is 0 Å². The highest BCUT2D eigenvalue weighted by atomic mass is 35.5. The molecule has 3 aromatic heterocycles. The summed E-state index contributed by atoms with van der Waals surface area (Å²) in [5.41, 5.74) is 1.61. The Labute approximate surface area is 173 Å². The van der Waals surface area contributed by atoms with Crippen LogP contribution in [-0.2, 0) is 5.75 Å². The second-order valence-corrected chi connectivity index (χ2v) is 8.66. The molecule has 0 bridgehead atoms. The van der Waals surface area contributed by atoms with Gasteiger partial charge < -0.3 is 9.72 Å². The van der Waals surface area contributed by atoms with Gasteiger partial charge in [0.1, 0.15) is 16.4 Å². The Morgan fingerprint density at radius 3 is 2.89 bits per heavy atom. The molecule has 0 unspecified atom stereocenters. The number of fused-ring (bicyclic) bond motifs is 1. The standard InChI is InChI=1S/C18H16ClN5O2S2/c1-8-9(2)28-17-14(8)16(25)20-13(21-17)7-27-18-22-15(23-24-18)11-6-10(19)4-5-12(11)26-3/h4-6H,7H2,1-3H3,(H,20,21,25)(H,22,23,24). The molecule has 7 nitrogen and oxygen atoms in total. The number of halogens is 1. The minimum atomic E-state index is -0.109. The summed E-state index contributed by atoms with van der Waals surface area (Å²) in [6.45, 7) is 3.94. The molecule has 28 heavy (non-hydrogen) atoms. The van der Waals surface area contributed by atoms with Crippen molar-refractivity contribution in [1.82, 2.24) is 25.1 Å². The van der Waals surface area contributed by atoms with Crippen molar-refractivity contribution in [1.29, 1.82) is 0 Å². The number of methoxy groups -OCH3 is 1. The lowest BCUT2D eigenvalue weighted by atomic mass is 10.2. The van der Waals surface area contributed by atoms with Crippen LogP contribution in [0.15, 0.2) is 28.2 Å². The molecule has 0 spiro atoms. The highest BCUT2D eigenvalue weighted by molar-refractivity contribution is 7.98. The van der Waals surface area contributed by atoms with E-state index >= 15 is 0 Å². The molecule has 0 saturated heterocycles. The van der Waals surface area contributed by atoms with E-state index in [9.17, 15) is 4.79 Å². The van der Waals surface area contributed by atoms with E-state index in [2.05, 4.69) is 25.1 Å². The quantitative estimate of drug-likeness (QED) is 0.454. The number of hydrogen-bond acceptors (Lipinski definition) is 7. The molecule has 1 aromatic carbocycles. The summed E-state index contributed by atoms with van der Waals surface area (Å²) in [6, 6.07) is 5.30. The van der Waals surface area contributed by atoms with Gasteiger partial charge in [-0.15, -0.1) is 16.4 Å². The van der Waals surface area contributed by atoms with Gasteiger partial charge in [0.25, 0.3) is 5.56 Å². The summed E-state index contributed by atoms with van der Waals surface area (Å²) < 4.78 is 5.36. The van der Waals surface area contributed by atoms with Crippen LogP contribution in [0.4, 0.5) is 0 Å². The zero-order chi connectivity index (χ0) is 19.8. The van der Waals surface area contributed by atoms with E-state index in [0.717, 1.165) is 20.8 Å². The monoisotopic (exact) mass is 433 g/mol. The fourth-order valence-corrected chi connectivity index (χ4v) is 4.69. The first-order chi connectivity index (χ1) is 13.5. The maximum atomic E-state index is 12.4. The van der Waals surface area contributed by atoms with Crippen molar-refractivity contribution in [2.75, 3.05) is 7.11 Å². The van der Waals surface area contributed by atoms with Gasteiger partial charge in [-0.2, -0.15) is 0 Å². The lowest BCUT2D eigenvalue weighted by molar-refractivity contribution is 0.416. The summed E-state index contributed by atoms with van der Waals surface area (Å²) in [5, 5.41) is 8.92. The molecule has 3 heterocycles. The van der Waals surface area contributed by atoms with Crippen LogP contribution < -0.4 is 10.3 Å². The Bertz CT molecular complexity index is 1230. The second kappa shape index (κ2) is 7.57. The van der Waals surface area contributed by atoms with Gasteiger partial charge in [0.2, 0.25) is 5.16 Å². The first-order valence-electron chi connectivity index (χ1n) is 8.34. The predicted molar refractivity (Wildman–Crippen MR) is 113 cm³/mol. The summed E-state index contributed by atoms with van der Waals surface area (Å²) in [6.07, 6.45) is 0. The summed E-state index contributed by atoms with van der Waals surface area (Å²) in [4.78, 5) is 26.2. The molecule has 4 aromatic rings. The molecular formula is C18H16ClN5O2S2. The van der Waals surface area contributed by atoms with E-state index in [1.807, 2.05) is 13.8 Å². The summed E-state index contributed by atoms with van der Waals surface area (Å²) >= 11 is 8.99. The van der Waals surface area contributed by atoms with Crippen molar-refractivity contribution in [3.05, 3.63) is 49.8 Å². The normalized spacial score (nSPS) is 11.3. The van der Waals surface area contributed by atoms with Gasteiger partial charge in [0, 0.05) is 9.90 Å². The van der Waals surface area contributed by atoms with Crippen molar-refractivity contribution < 1.29 is 4.74 Å². The van der Waals surface area contributed by atoms with Crippen LogP contribution in [-0.4, -0.2) is 32.3 Å². The average Bonchev–Trinajstić information content (AvgIpc) is 3.25. The zero-order valence-electron chi connectivity index (χ0n) is 15.3. The molecule has 144 valence electrons. The fourth-order valence-electron chi connectivity index (χ4n) is 2.80. The minimum absolute atomic E-state index is 0.109. The van der Waals surface area contributed by atoms with Gasteiger partial charge in [-0.1, -0.05) is 23.4 Å². The van der Waals surface area contributed by atoms with Crippen LogP contribution in [0.1, 0.15) is 16.3 Å². The van der Waals surface area contributed by atoms with E-state index < -0.39 is 0 Å². The average molecular weight is 434 g/mol. The number of aromatic amines is 2.